The number of hydrogen-bond donors (Lipinski definition) is 1. The number of halogens is 2. The molecule has 3 heterocycles. The van der Waals surface area contributed by atoms with E-state index in [1.807, 2.05) is 6.92 Å². The molecule has 7 nitrogen and oxygen atoms in total. The second-order valence-electron chi connectivity index (χ2n) is 5.39. The maximum Gasteiger partial charge on any atom is 0.280 e. The van der Waals surface area contributed by atoms with Crippen LogP contribution in [0.3, 0.4) is 0 Å². The molecule has 0 aliphatic heterocycles. The van der Waals surface area contributed by atoms with Gasteiger partial charge in [0.05, 0.1) is 12.3 Å². The van der Waals surface area contributed by atoms with Crippen molar-refractivity contribution in [3.8, 4) is 5.88 Å². The van der Waals surface area contributed by atoms with Crippen LogP contribution in [0.5, 0.6) is 5.88 Å². The van der Waals surface area contributed by atoms with Gasteiger partial charge in [0.1, 0.15) is 17.1 Å². The van der Waals surface area contributed by atoms with Gasteiger partial charge in [-0.05, 0) is 25.5 Å². The minimum Gasteiger partial charge on any atom is -0.476 e. The summed E-state index contributed by atoms with van der Waals surface area (Å²) < 4.78 is 32.7. The van der Waals surface area contributed by atoms with Gasteiger partial charge in [-0.15, -0.1) is 0 Å². The summed E-state index contributed by atoms with van der Waals surface area (Å²) >= 11 is 0. The Morgan fingerprint density at radius 1 is 1.23 bits per heavy atom. The Balaban J connectivity index is 1.94. The lowest BCUT2D eigenvalue weighted by atomic mass is 10.3. The first kappa shape index (κ1) is 17.7. The van der Waals surface area contributed by atoms with Crippen molar-refractivity contribution in [1.82, 2.24) is 19.4 Å². The highest BCUT2D eigenvalue weighted by Gasteiger charge is 2.17. The van der Waals surface area contributed by atoms with Gasteiger partial charge in [-0.1, -0.05) is 13.0 Å². The molecule has 0 saturated heterocycles. The van der Waals surface area contributed by atoms with Crippen LogP contribution in [0.4, 0.5) is 14.5 Å². The third kappa shape index (κ3) is 3.61. The minimum absolute atomic E-state index is 0.120. The van der Waals surface area contributed by atoms with Crippen molar-refractivity contribution in [2.75, 3.05) is 11.9 Å². The molecule has 0 spiro atoms. The summed E-state index contributed by atoms with van der Waals surface area (Å²) in [6.45, 7) is 4.09. The van der Waals surface area contributed by atoms with E-state index < -0.39 is 18.0 Å². The number of aromatic nitrogens is 4. The van der Waals surface area contributed by atoms with Crippen molar-refractivity contribution in [2.45, 2.75) is 26.7 Å². The number of rotatable bonds is 6. The average Bonchev–Trinajstić information content (AvgIpc) is 3.04. The fourth-order valence-electron chi connectivity index (χ4n) is 2.35. The van der Waals surface area contributed by atoms with Gasteiger partial charge < -0.3 is 10.1 Å². The summed E-state index contributed by atoms with van der Waals surface area (Å²) in [5.74, 6) is 0.0122. The highest BCUT2D eigenvalue weighted by atomic mass is 19.3. The zero-order valence-corrected chi connectivity index (χ0v) is 14.2. The molecule has 0 bridgehead atoms. The highest BCUT2D eigenvalue weighted by molar-refractivity contribution is 6.03. The summed E-state index contributed by atoms with van der Waals surface area (Å²) in [5, 5.41) is 2.61. The Kier molecular flexibility index (Phi) is 5.06. The van der Waals surface area contributed by atoms with Crippen LogP contribution in [0.15, 0.2) is 30.6 Å². The van der Waals surface area contributed by atoms with E-state index in [4.69, 9.17) is 4.74 Å². The fourth-order valence-corrected chi connectivity index (χ4v) is 2.35. The summed E-state index contributed by atoms with van der Waals surface area (Å²) in [6.07, 6.45) is 1.40. The first-order valence-corrected chi connectivity index (χ1v) is 8.09. The second-order valence-corrected chi connectivity index (χ2v) is 5.39. The zero-order valence-electron chi connectivity index (χ0n) is 14.2. The fraction of sp³-hybridized carbons (Fsp3) is 0.294. The molecule has 0 atom stereocenters. The topological polar surface area (TPSA) is 81.4 Å². The molecule has 0 saturated carbocycles. The van der Waals surface area contributed by atoms with Crippen LogP contribution in [-0.4, -0.2) is 31.9 Å². The Bertz CT molecular complexity index is 942. The molecule has 1 amide bonds. The van der Waals surface area contributed by atoms with Gasteiger partial charge in [0.2, 0.25) is 11.7 Å². The number of anilines is 1. The van der Waals surface area contributed by atoms with Crippen molar-refractivity contribution in [3.05, 3.63) is 47.7 Å². The van der Waals surface area contributed by atoms with Crippen molar-refractivity contribution in [1.29, 1.82) is 0 Å². The molecule has 0 radical (unpaired) electrons. The SMILES string of the molecule is CCOc1nc2nc(CC)cn2cc1NC(=O)c1cccc(C(F)F)n1. The Labute approximate surface area is 148 Å². The standard InChI is InChI=1S/C17H17F2N5O2/c1-3-10-8-24-9-13(16(26-4-2)23-17(24)20-10)22-15(25)12-7-5-6-11(21-12)14(18)19/h5-9,14H,3-4H2,1-2H3,(H,22,25). The molecule has 0 aliphatic rings. The molecule has 3 aromatic heterocycles. The minimum atomic E-state index is -2.75. The molecular formula is C17H17F2N5O2. The number of pyridine rings is 1. The molecule has 136 valence electrons. The number of hydrogen-bond acceptors (Lipinski definition) is 5. The number of nitrogens with one attached hydrogen (secondary N) is 1. The van der Waals surface area contributed by atoms with Crippen molar-refractivity contribution < 1.29 is 18.3 Å². The van der Waals surface area contributed by atoms with E-state index in [0.29, 0.717) is 18.1 Å². The van der Waals surface area contributed by atoms with E-state index in [0.717, 1.165) is 12.1 Å². The van der Waals surface area contributed by atoms with E-state index in [1.54, 1.807) is 23.7 Å². The summed E-state index contributed by atoms with van der Waals surface area (Å²) in [7, 11) is 0. The van der Waals surface area contributed by atoms with Crippen LogP contribution < -0.4 is 10.1 Å². The number of carbonyl (C=O) groups is 1. The van der Waals surface area contributed by atoms with Crippen molar-refractivity contribution in [3.63, 3.8) is 0 Å². The van der Waals surface area contributed by atoms with E-state index in [9.17, 15) is 13.6 Å². The smallest absolute Gasteiger partial charge is 0.280 e. The Hall–Kier alpha value is -3.10. The molecular weight excluding hydrogens is 344 g/mol. The molecule has 3 aromatic rings. The molecule has 1 N–H and O–H groups in total. The van der Waals surface area contributed by atoms with Gasteiger partial charge in [-0.25, -0.2) is 18.7 Å². The van der Waals surface area contributed by atoms with E-state index in [1.165, 1.54) is 18.2 Å². The quantitative estimate of drug-likeness (QED) is 0.729. The molecule has 3 rings (SSSR count). The summed E-state index contributed by atoms with van der Waals surface area (Å²) in [6, 6.07) is 3.88. The van der Waals surface area contributed by atoms with Gasteiger partial charge in [-0.2, -0.15) is 4.98 Å². The second kappa shape index (κ2) is 7.42. The average molecular weight is 361 g/mol. The molecule has 0 aromatic carbocycles. The van der Waals surface area contributed by atoms with Crippen LogP contribution >= 0.6 is 0 Å². The van der Waals surface area contributed by atoms with Crippen molar-refractivity contribution in [2.24, 2.45) is 0 Å². The van der Waals surface area contributed by atoms with E-state index in [-0.39, 0.29) is 11.6 Å². The molecule has 9 heteroatoms. The Morgan fingerprint density at radius 3 is 2.73 bits per heavy atom. The maximum absolute atomic E-state index is 12.8. The van der Waals surface area contributed by atoms with Gasteiger partial charge in [0.15, 0.2) is 0 Å². The van der Waals surface area contributed by atoms with E-state index >= 15 is 0 Å². The van der Waals surface area contributed by atoms with Crippen LogP contribution in [0.1, 0.15) is 42.1 Å². The lowest BCUT2D eigenvalue weighted by Crippen LogP contribution is -2.16. The molecule has 0 fully saturated rings. The van der Waals surface area contributed by atoms with Gasteiger partial charge in [-0.3, -0.25) is 9.20 Å². The predicted octanol–water partition coefficient (Wildman–Crippen LogP) is 3.28. The van der Waals surface area contributed by atoms with Gasteiger partial charge >= 0.3 is 0 Å². The number of alkyl halides is 2. The zero-order chi connectivity index (χ0) is 18.7. The number of fused-ring (bicyclic) bond motifs is 1. The Morgan fingerprint density at radius 2 is 2.04 bits per heavy atom. The summed E-state index contributed by atoms with van der Waals surface area (Å²) in [4.78, 5) is 24.7. The third-order valence-electron chi connectivity index (χ3n) is 3.58. The van der Waals surface area contributed by atoms with Gasteiger partial charge in [0.25, 0.3) is 12.3 Å². The van der Waals surface area contributed by atoms with E-state index in [2.05, 4.69) is 20.3 Å². The van der Waals surface area contributed by atoms with Gasteiger partial charge in [0, 0.05) is 12.4 Å². The molecule has 0 unspecified atom stereocenters. The number of nitrogens with zero attached hydrogens (tertiary/aromatic N) is 4. The number of ether oxygens (including phenoxy) is 1. The number of imidazole rings is 1. The largest absolute Gasteiger partial charge is 0.476 e. The van der Waals surface area contributed by atoms with Crippen molar-refractivity contribution >= 4 is 17.4 Å². The number of aryl methyl sites for hydroxylation is 1. The van der Waals surface area contributed by atoms with Crippen LogP contribution in [-0.2, 0) is 6.42 Å². The molecule has 0 aliphatic carbocycles. The first-order valence-electron chi connectivity index (χ1n) is 8.09. The molecule has 26 heavy (non-hydrogen) atoms. The number of carbonyl (C=O) groups excluding carboxylic acids is 1. The van der Waals surface area contributed by atoms with Crippen LogP contribution in [0.25, 0.3) is 5.78 Å². The highest BCUT2D eigenvalue weighted by Crippen LogP contribution is 2.24. The van der Waals surface area contributed by atoms with Crippen LogP contribution in [0.2, 0.25) is 0 Å². The summed E-state index contributed by atoms with van der Waals surface area (Å²) in [5.41, 5.74) is 0.562. The third-order valence-corrected chi connectivity index (χ3v) is 3.58. The lowest BCUT2D eigenvalue weighted by molar-refractivity contribution is 0.101. The first-order chi connectivity index (χ1) is 12.5. The normalized spacial score (nSPS) is 11.1. The monoisotopic (exact) mass is 361 g/mol. The predicted molar refractivity (Wildman–Crippen MR) is 90.7 cm³/mol. The number of amides is 1. The lowest BCUT2D eigenvalue weighted by Gasteiger charge is -2.11. The maximum atomic E-state index is 12.8. The van der Waals surface area contributed by atoms with Crippen LogP contribution in [0, 0.1) is 0 Å².